The molecule has 0 amide bonds. The summed E-state index contributed by atoms with van der Waals surface area (Å²) in [4.78, 5) is 11.5. The topological polar surface area (TPSA) is 48.8 Å². The second-order valence-electron chi connectivity index (χ2n) is 8.10. The molecule has 0 radical (unpaired) electrons. The maximum Gasteiger partial charge on any atom is 0.123 e. The fourth-order valence-corrected chi connectivity index (χ4v) is 5.75. The summed E-state index contributed by atoms with van der Waals surface area (Å²) < 4.78 is 5.82. The van der Waals surface area contributed by atoms with Gasteiger partial charge in [0, 0.05) is 49.3 Å². The zero-order valence-electron chi connectivity index (χ0n) is 17.5. The Morgan fingerprint density at radius 2 is 2.03 bits per heavy atom. The second kappa shape index (κ2) is 10.0. The fraction of sp³-hybridized carbons (Fsp3) is 0.609. The highest BCUT2D eigenvalue weighted by Crippen LogP contribution is 2.28. The second-order valence-corrected chi connectivity index (χ2v) is 9.27. The molecule has 1 fully saturated rings. The van der Waals surface area contributed by atoms with E-state index in [-0.39, 0.29) is 6.61 Å². The first-order chi connectivity index (χ1) is 14.3. The number of aliphatic hydroxyl groups excluding tert-OH is 1. The quantitative estimate of drug-likeness (QED) is 0.715. The predicted molar refractivity (Wildman–Crippen MR) is 118 cm³/mol. The van der Waals surface area contributed by atoms with Gasteiger partial charge in [0.15, 0.2) is 0 Å². The predicted octanol–water partition coefficient (Wildman–Crippen LogP) is 3.49. The van der Waals surface area contributed by atoms with Crippen LogP contribution in [0.25, 0.3) is 0 Å². The number of rotatable bonds is 8. The number of nitrogens with zero attached hydrogens (tertiary/aromatic N) is 3. The summed E-state index contributed by atoms with van der Waals surface area (Å²) in [6.45, 7) is 7.81. The van der Waals surface area contributed by atoms with Crippen LogP contribution in [0.4, 0.5) is 0 Å². The zero-order chi connectivity index (χ0) is 20.1. The Labute approximate surface area is 178 Å². The molecule has 0 bridgehead atoms. The Hall–Kier alpha value is -1.47. The van der Waals surface area contributed by atoms with Gasteiger partial charge in [-0.3, -0.25) is 9.80 Å². The van der Waals surface area contributed by atoms with Crippen molar-refractivity contribution in [3.63, 3.8) is 0 Å². The number of aromatic nitrogens is 1. The third kappa shape index (κ3) is 5.18. The molecule has 0 spiro atoms. The van der Waals surface area contributed by atoms with Crippen LogP contribution in [0, 0.1) is 0 Å². The van der Waals surface area contributed by atoms with Crippen molar-refractivity contribution in [1.29, 1.82) is 0 Å². The highest BCUT2D eigenvalue weighted by molar-refractivity contribution is 7.11. The highest BCUT2D eigenvalue weighted by Gasteiger charge is 2.28. The lowest BCUT2D eigenvalue weighted by Gasteiger charge is -2.41. The maximum atomic E-state index is 9.65. The summed E-state index contributed by atoms with van der Waals surface area (Å²) in [5.41, 5.74) is 2.59. The van der Waals surface area contributed by atoms with E-state index in [1.807, 2.05) is 24.3 Å². The van der Waals surface area contributed by atoms with Gasteiger partial charge in [-0.25, -0.2) is 4.98 Å². The van der Waals surface area contributed by atoms with Crippen LogP contribution in [0.3, 0.4) is 0 Å². The van der Waals surface area contributed by atoms with E-state index in [9.17, 15) is 5.11 Å². The van der Waals surface area contributed by atoms with Crippen LogP contribution >= 0.6 is 11.3 Å². The van der Waals surface area contributed by atoms with Crippen LogP contribution in [-0.4, -0.2) is 58.8 Å². The molecule has 1 aromatic carbocycles. The van der Waals surface area contributed by atoms with E-state index in [0.717, 1.165) is 51.3 Å². The van der Waals surface area contributed by atoms with E-state index in [4.69, 9.17) is 9.72 Å². The average molecular weight is 416 g/mol. The monoisotopic (exact) mass is 415 g/mol. The van der Waals surface area contributed by atoms with Crippen LogP contribution in [0.2, 0.25) is 0 Å². The Balaban J connectivity index is 1.40. The van der Waals surface area contributed by atoms with Crippen LogP contribution < -0.4 is 4.74 Å². The SMILES string of the molecule is CCOc1ccccc1CN1CCN(Cc2nc3c(s2)CCCC3)C[C@H]1CCO. The maximum absolute atomic E-state index is 9.65. The third-order valence-corrected chi connectivity index (χ3v) is 7.19. The molecule has 1 N–H and O–H groups in total. The summed E-state index contributed by atoms with van der Waals surface area (Å²) in [5, 5.41) is 10.9. The molecule has 158 valence electrons. The van der Waals surface area contributed by atoms with Gasteiger partial charge in [0.1, 0.15) is 10.8 Å². The van der Waals surface area contributed by atoms with Crippen molar-refractivity contribution >= 4 is 11.3 Å². The Bertz CT molecular complexity index is 771. The molecular weight excluding hydrogens is 382 g/mol. The number of piperazine rings is 1. The molecule has 2 aliphatic rings. The van der Waals surface area contributed by atoms with E-state index < -0.39 is 0 Å². The van der Waals surface area contributed by atoms with E-state index in [2.05, 4.69) is 28.0 Å². The van der Waals surface area contributed by atoms with Gasteiger partial charge in [-0.05, 0) is 45.1 Å². The average Bonchev–Trinajstić information content (AvgIpc) is 3.14. The number of hydrogen-bond acceptors (Lipinski definition) is 6. The van der Waals surface area contributed by atoms with Gasteiger partial charge >= 0.3 is 0 Å². The van der Waals surface area contributed by atoms with Gasteiger partial charge in [0.2, 0.25) is 0 Å². The third-order valence-electron chi connectivity index (χ3n) is 6.05. The first-order valence-electron chi connectivity index (χ1n) is 11.0. The van der Waals surface area contributed by atoms with Crippen molar-refractivity contribution in [3.8, 4) is 5.75 Å². The largest absolute Gasteiger partial charge is 0.494 e. The summed E-state index contributed by atoms with van der Waals surface area (Å²) in [6.07, 6.45) is 5.78. The lowest BCUT2D eigenvalue weighted by molar-refractivity contribution is 0.0493. The summed E-state index contributed by atoms with van der Waals surface area (Å²) in [6, 6.07) is 8.69. The van der Waals surface area contributed by atoms with Gasteiger partial charge in [-0.1, -0.05) is 18.2 Å². The Morgan fingerprint density at radius 1 is 1.17 bits per heavy atom. The number of aliphatic hydroxyl groups is 1. The molecule has 1 atom stereocenters. The van der Waals surface area contributed by atoms with Gasteiger partial charge < -0.3 is 9.84 Å². The van der Waals surface area contributed by atoms with Crippen molar-refractivity contribution < 1.29 is 9.84 Å². The van der Waals surface area contributed by atoms with Gasteiger partial charge in [0.05, 0.1) is 18.8 Å². The number of thiazole rings is 1. The van der Waals surface area contributed by atoms with Crippen molar-refractivity contribution in [3.05, 3.63) is 45.4 Å². The van der Waals surface area contributed by atoms with Crippen LogP contribution in [-0.2, 0) is 25.9 Å². The summed E-state index contributed by atoms with van der Waals surface area (Å²) in [7, 11) is 0. The standard InChI is InChI=1S/C23H33N3O2S/c1-2-28-21-9-5-3-7-18(21)15-26-13-12-25(16-19(26)11-14-27)17-23-24-20-8-4-6-10-22(20)29-23/h3,5,7,9,19,27H,2,4,6,8,10-17H2,1H3/t19-/m1/s1. The molecule has 1 saturated heterocycles. The van der Waals surface area contributed by atoms with E-state index in [0.29, 0.717) is 12.6 Å². The smallest absolute Gasteiger partial charge is 0.123 e. The number of para-hydroxylation sites is 1. The molecular formula is C23H33N3O2S. The molecule has 5 nitrogen and oxygen atoms in total. The van der Waals surface area contributed by atoms with E-state index in [1.54, 1.807) is 0 Å². The Kier molecular flexibility index (Phi) is 7.19. The number of ether oxygens (including phenoxy) is 1. The highest BCUT2D eigenvalue weighted by atomic mass is 32.1. The first-order valence-corrected chi connectivity index (χ1v) is 11.8. The Morgan fingerprint density at radius 3 is 2.86 bits per heavy atom. The van der Waals surface area contributed by atoms with Crippen molar-refractivity contribution in [1.82, 2.24) is 14.8 Å². The molecule has 2 aromatic rings. The van der Waals surface area contributed by atoms with E-state index in [1.165, 1.54) is 40.4 Å². The van der Waals surface area contributed by atoms with E-state index >= 15 is 0 Å². The molecule has 1 aliphatic heterocycles. The normalized spacial score (nSPS) is 20.6. The van der Waals surface area contributed by atoms with Crippen molar-refractivity contribution in [2.45, 2.75) is 58.2 Å². The molecule has 1 aromatic heterocycles. The molecule has 1 aliphatic carbocycles. The van der Waals surface area contributed by atoms with Crippen LogP contribution in [0.5, 0.6) is 5.75 Å². The van der Waals surface area contributed by atoms with Gasteiger partial charge in [-0.2, -0.15) is 0 Å². The fourth-order valence-electron chi connectivity index (χ4n) is 4.55. The molecule has 6 heteroatoms. The molecule has 0 unspecified atom stereocenters. The lowest BCUT2D eigenvalue weighted by Crippen LogP contribution is -2.52. The first kappa shape index (κ1) is 20.8. The van der Waals surface area contributed by atoms with Crippen LogP contribution in [0.1, 0.15) is 47.3 Å². The molecule has 29 heavy (non-hydrogen) atoms. The molecule has 2 heterocycles. The molecule has 0 saturated carbocycles. The summed E-state index contributed by atoms with van der Waals surface area (Å²) in [5.74, 6) is 0.980. The minimum absolute atomic E-state index is 0.230. The minimum Gasteiger partial charge on any atom is -0.494 e. The van der Waals surface area contributed by atoms with Crippen molar-refractivity contribution in [2.24, 2.45) is 0 Å². The van der Waals surface area contributed by atoms with Crippen LogP contribution in [0.15, 0.2) is 24.3 Å². The van der Waals surface area contributed by atoms with Crippen molar-refractivity contribution in [2.75, 3.05) is 32.8 Å². The zero-order valence-corrected chi connectivity index (χ0v) is 18.3. The number of aryl methyl sites for hydroxylation is 2. The van der Waals surface area contributed by atoms with Gasteiger partial charge in [-0.15, -0.1) is 11.3 Å². The lowest BCUT2D eigenvalue weighted by atomic mass is 10.0. The number of hydrogen-bond donors (Lipinski definition) is 1. The number of benzene rings is 1. The number of fused-ring (bicyclic) bond motifs is 1. The van der Waals surface area contributed by atoms with Gasteiger partial charge in [0.25, 0.3) is 0 Å². The minimum atomic E-state index is 0.230. The summed E-state index contributed by atoms with van der Waals surface area (Å²) >= 11 is 1.92. The molecule has 4 rings (SSSR count).